The molecule has 2 rings (SSSR count). The molecule has 0 aliphatic carbocycles. The summed E-state index contributed by atoms with van der Waals surface area (Å²) in [6, 6.07) is 7.42. The van der Waals surface area contributed by atoms with Gasteiger partial charge in [0.25, 0.3) is 5.78 Å². The molecule has 0 saturated heterocycles. The van der Waals surface area contributed by atoms with Crippen LogP contribution in [0.25, 0.3) is 0 Å². The SMILES string of the molecule is Cc1ccc(C2=NN(C(C)(C)C)C(=O)C2=O)cc1. The van der Waals surface area contributed by atoms with Gasteiger partial charge in [-0.15, -0.1) is 0 Å². The van der Waals surface area contributed by atoms with Crippen molar-refractivity contribution in [1.82, 2.24) is 5.01 Å². The second-order valence-electron chi connectivity index (χ2n) is 5.43. The molecule has 1 aliphatic rings. The molecule has 4 nitrogen and oxygen atoms in total. The largest absolute Gasteiger partial charge is 0.317 e. The van der Waals surface area contributed by atoms with Crippen LogP contribution >= 0.6 is 0 Å². The number of carbonyl (C=O) groups excluding carboxylic acids is 2. The van der Waals surface area contributed by atoms with Crippen LogP contribution in [-0.2, 0) is 9.59 Å². The molecule has 0 aromatic heterocycles. The molecule has 18 heavy (non-hydrogen) atoms. The van der Waals surface area contributed by atoms with Crippen molar-refractivity contribution in [3.05, 3.63) is 35.4 Å². The van der Waals surface area contributed by atoms with E-state index in [0.717, 1.165) is 5.56 Å². The number of hydrogen-bond acceptors (Lipinski definition) is 3. The lowest BCUT2D eigenvalue weighted by molar-refractivity contribution is -0.142. The maximum Gasteiger partial charge on any atom is 0.317 e. The molecule has 0 atom stereocenters. The predicted octanol–water partition coefficient (Wildman–Crippen LogP) is 1.91. The van der Waals surface area contributed by atoms with Gasteiger partial charge in [-0.3, -0.25) is 9.59 Å². The van der Waals surface area contributed by atoms with Gasteiger partial charge in [0.2, 0.25) is 0 Å². The minimum Gasteiger partial charge on any atom is -0.281 e. The van der Waals surface area contributed by atoms with Crippen LogP contribution < -0.4 is 0 Å². The van der Waals surface area contributed by atoms with Crippen molar-refractivity contribution >= 4 is 17.4 Å². The number of benzene rings is 1. The number of hydrazone groups is 1. The zero-order valence-corrected chi connectivity index (χ0v) is 11.0. The molecule has 0 radical (unpaired) electrons. The predicted molar refractivity (Wildman–Crippen MR) is 69.3 cm³/mol. The van der Waals surface area contributed by atoms with Gasteiger partial charge in [-0.1, -0.05) is 29.8 Å². The number of nitrogens with zero attached hydrogens (tertiary/aromatic N) is 2. The van der Waals surface area contributed by atoms with Gasteiger partial charge in [-0.2, -0.15) is 5.10 Å². The summed E-state index contributed by atoms with van der Waals surface area (Å²) >= 11 is 0. The normalized spacial score (nSPS) is 16.2. The van der Waals surface area contributed by atoms with Gasteiger partial charge in [0.15, 0.2) is 0 Å². The fourth-order valence-corrected chi connectivity index (χ4v) is 1.74. The minimum atomic E-state index is -0.557. The number of Topliss-reactive ketones (excluding diaryl/α,β-unsaturated/α-hetero) is 1. The van der Waals surface area contributed by atoms with Crippen molar-refractivity contribution in [2.24, 2.45) is 5.10 Å². The van der Waals surface area contributed by atoms with E-state index in [-0.39, 0.29) is 5.71 Å². The third-order valence-electron chi connectivity index (χ3n) is 2.76. The highest BCUT2D eigenvalue weighted by Gasteiger charge is 2.40. The maximum absolute atomic E-state index is 11.9. The first-order valence-electron chi connectivity index (χ1n) is 5.85. The summed E-state index contributed by atoms with van der Waals surface area (Å²) in [5.41, 5.74) is 1.53. The van der Waals surface area contributed by atoms with Gasteiger partial charge in [-0.05, 0) is 27.7 Å². The number of hydrogen-bond donors (Lipinski definition) is 0. The third kappa shape index (κ3) is 2.06. The van der Waals surface area contributed by atoms with Crippen LogP contribution in [0.5, 0.6) is 0 Å². The van der Waals surface area contributed by atoms with Gasteiger partial charge in [0.1, 0.15) is 5.71 Å². The molecule has 1 aromatic rings. The van der Waals surface area contributed by atoms with Gasteiger partial charge in [0.05, 0.1) is 5.54 Å². The Hall–Kier alpha value is -1.97. The molecule has 0 fully saturated rings. The summed E-state index contributed by atoms with van der Waals surface area (Å²) in [5.74, 6) is -1.09. The molecule has 0 bridgehead atoms. The molecule has 1 aromatic carbocycles. The molecule has 0 saturated carbocycles. The van der Waals surface area contributed by atoms with Gasteiger partial charge < -0.3 is 0 Å². The molecule has 94 valence electrons. The first-order valence-corrected chi connectivity index (χ1v) is 5.85. The second kappa shape index (κ2) is 4.05. The van der Waals surface area contributed by atoms with Gasteiger partial charge in [-0.25, -0.2) is 5.01 Å². The lowest BCUT2D eigenvalue weighted by Crippen LogP contribution is -2.41. The van der Waals surface area contributed by atoms with E-state index in [0.29, 0.717) is 5.56 Å². The molecular weight excluding hydrogens is 228 g/mol. The Morgan fingerprint density at radius 3 is 2.06 bits per heavy atom. The standard InChI is InChI=1S/C14H16N2O2/c1-9-5-7-10(8-6-9)11-12(17)13(18)16(15-11)14(2,3)4/h5-8H,1-4H3. The first kappa shape index (κ1) is 12.5. The van der Waals surface area contributed by atoms with Crippen LogP contribution in [0.15, 0.2) is 29.4 Å². The highest BCUT2D eigenvalue weighted by molar-refractivity contribution is 6.69. The summed E-state index contributed by atoms with van der Waals surface area (Å²) in [7, 11) is 0. The molecule has 0 N–H and O–H groups in total. The van der Waals surface area contributed by atoms with Crippen LogP contribution in [0.4, 0.5) is 0 Å². The van der Waals surface area contributed by atoms with E-state index in [4.69, 9.17) is 0 Å². The van der Waals surface area contributed by atoms with Gasteiger partial charge >= 0.3 is 5.91 Å². The van der Waals surface area contributed by atoms with Crippen molar-refractivity contribution < 1.29 is 9.59 Å². The fourth-order valence-electron chi connectivity index (χ4n) is 1.74. The van der Waals surface area contributed by atoms with Crippen molar-refractivity contribution in [3.8, 4) is 0 Å². The average molecular weight is 244 g/mol. The Balaban J connectivity index is 2.42. The molecule has 1 aliphatic heterocycles. The number of amides is 1. The van der Waals surface area contributed by atoms with E-state index < -0.39 is 17.2 Å². The van der Waals surface area contributed by atoms with Crippen LogP contribution in [0.2, 0.25) is 0 Å². The summed E-state index contributed by atoms with van der Waals surface area (Å²) < 4.78 is 0. The summed E-state index contributed by atoms with van der Waals surface area (Å²) in [5, 5.41) is 5.43. The van der Waals surface area contributed by atoms with Crippen molar-refractivity contribution in [3.63, 3.8) is 0 Å². The molecule has 0 spiro atoms. The highest BCUT2D eigenvalue weighted by atomic mass is 16.2. The van der Waals surface area contributed by atoms with Crippen molar-refractivity contribution in [1.29, 1.82) is 0 Å². The van der Waals surface area contributed by atoms with E-state index in [1.807, 2.05) is 52.0 Å². The van der Waals surface area contributed by atoms with E-state index in [2.05, 4.69) is 5.10 Å². The smallest absolute Gasteiger partial charge is 0.281 e. The maximum atomic E-state index is 11.9. The van der Waals surface area contributed by atoms with E-state index in [9.17, 15) is 9.59 Å². The Kier molecular flexibility index (Phi) is 2.81. The number of rotatable bonds is 1. The van der Waals surface area contributed by atoms with Crippen LogP contribution in [0.3, 0.4) is 0 Å². The van der Waals surface area contributed by atoms with Crippen LogP contribution in [0.1, 0.15) is 31.9 Å². The highest BCUT2D eigenvalue weighted by Crippen LogP contribution is 2.21. The number of carbonyl (C=O) groups is 2. The van der Waals surface area contributed by atoms with Crippen LogP contribution in [0, 0.1) is 6.92 Å². The molecule has 4 heteroatoms. The zero-order chi connectivity index (χ0) is 13.5. The Labute approximate surface area is 106 Å². The first-order chi connectivity index (χ1) is 8.30. The molecule has 0 unspecified atom stereocenters. The Morgan fingerprint density at radius 1 is 1.06 bits per heavy atom. The van der Waals surface area contributed by atoms with E-state index >= 15 is 0 Å². The second-order valence-corrected chi connectivity index (χ2v) is 5.43. The number of ketones is 1. The monoisotopic (exact) mass is 244 g/mol. The zero-order valence-electron chi connectivity index (χ0n) is 11.0. The van der Waals surface area contributed by atoms with Crippen molar-refractivity contribution in [2.75, 3.05) is 0 Å². The van der Waals surface area contributed by atoms with Crippen molar-refractivity contribution in [2.45, 2.75) is 33.2 Å². The number of aryl methyl sites for hydroxylation is 1. The van der Waals surface area contributed by atoms with E-state index in [1.165, 1.54) is 5.01 Å². The minimum absolute atomic E-state index is 0.231. The lowest BCUT2D eigenvalue weighted by atomic mass is 10.0. The Morgan fingerprint density at radius 2 is 1.61 bits per heavy atom. The fraction of sp³-hybridized carbons (Fsp3) is 0.357. The van der Waals surface area contributed by atoms with Gasteiger partial charge in [0, 0.05) is 5.56 Å². The van der Waals surface area contributed by atoms with Crippen LogP contribution in [-0.4, -0.2) is 27.9 Å². The molecule has 1 heterocycles. The average Bonchev–Trinajstić information content (AvgIpc) is 2.57. The third-order valence-corrected chi connectivity index (χ3v) is 2.76. The molecule has 1 amide bonds. The lowest BCUT2D eigenvalue weighted by Gasteiger charge is -2.26. The summed E-state index contributed by atoms with van der Waals surface area (Å²) in [4.78, 5) is 23.8. The molecular formula is C14H16N2O2. The summed E-state index contributed by atoms with van der Waals surface area (Å²) in [6.45, 7) is 7.51. The quantitative estimate of drug-likeness (QED) is 0.708. The van der Waals surface area contributed by atoms with E-state index in [1.54, 1.807) is 0 Å². The summed E-state index contributed by atoms with van der Waals surface area (Å²) in [6.07, 6.45) is 0. The topological polar surface area (TPSA) is 49.7 Å². The Bertz CT molecular complexity index is 536.